The highest BCUT2D eigenvalue weighted by Crippen LogP contribution is 2.29. The third kappa shape index (κ3) is 5.61. The number of carbonyl (C=O) groups is 2. The summed E-state index contributed by atoms with van der Waals surface area (Å²) in [5.74, 6) is 0.567. The molecule has 34 heavy (non-hydrogen) atoms. The minimum Gasteiger partial charge on any atom is -0.467 e. The maximum atomic E-state index is 13.5. The summed E-state index contributed by atoms with van der Waals surface area (Å²) in [4.78, 5) is 32.8. The Morgan fingerprint density at radius 3 is 2.38 bits per heavy atom. The number of nitrogens with one attached hydrogen (secondary N) is 1. The van der Waals surface area contributed by atoms with Crippen molar-refractivity contribution in [2.45, 2.75) is 33.4 Å². The van der Waals surface area contributed by atoms with Gasteiger partial charge in [-0.2, -0.15) is 0 Å². The van der Waals surface area contributed by atoms with E-state index in [1.165, 1.54) is 5.56 Å². The molecule has 6 nitrogen and oxygen atoms in total. The number of aryl methyl sites for hydroxylation is 2. The van der Waals surface area contributed by atoms with Crippen molar-refractivity contribution < 1.29 is 14.0 Å². The van der Waals surface area contributed by atoms with Crippen LogP contribution in [0.15, 0.2) is 71.3 Å². The standard InChI is InChI=1S/C27H27N3O3S/c1-18-6-10-21(11-7-18)26-24(34-19(2)29-26)15-25(31)30(17-23-5-4-14-33-23)16-20-8-12-22(13-9-20)27(32)28-3/h4-14H,15-17H2,1-3H3,(H,28,32). The predicted molar refractivity (Wildman–Crippen MR) is 134 cm³/mol. The molecule has 0 spiro atoms. The summed E-state index contributed by atoms with van der Waals surface area (Å²) in [6.45, 7) is 4.78. The van der Waals surface area contributed by atoms with E-state index >= 15 is 0 Å². The summed E-state index contributed by atoms with van der Waals surface area (Å²) in [6.07, 6.45) is 1.87. The second-order valence-electron chi connectivity index (χ2n) is 8.15. The van der Waals surface area contributed by atoms with Crippen molar-refractivity contribution in [1.82, 2.24) is 15.2 Å². The van der Waals surface area contributed by atoms with Crippen molar-refractivity contribution in [2.24, 2.45) is 0 Å². The predicted octanol–water partition coefficient (Wildman–Crippen LogP) is 5.15. The van der Waals surface area contributed by atoms with Gasteiger partial charge in [-0.15, -0.1) is 11.3 Å². The summed E-state index contributed by atoms with van der Waals surface area (Å²) in [5.41, 5.74) is 4.58. The van der Waals surface area contributed by atoms with Crippen LogP contribution >= 0.6 is 11.3 Å². The summed E-state index contributed by atoms with van der Waals surface area (Å²) >= 11 is 1.55. The first-order valence-corrected chi connectivity index (χ1v) is 11.9. The van der Waals surface area contributed by atoms with E-state index in [0.29, 0.717) is 18.7 Å². The van der Waals surface area contributed by atoms with E-state index in [0.717, 1.165) is 32.5 Å². The third-order valence-electron chi connectivity index (χ3n) is 5.54. The Hall–Kier alpha value is -3.71. The van der Waals surface area contributed by atoms with Gasteiger partial charge in [0.1, 0.15) is 5.76 Å². The molecule has 0 radical (unpaired) electrons. The molecule has 1 N–H and O–H groups in total. The molecule has 0 unspecified atom stereocenters. The molecule has 2 heterocycles. The molecule has 0 aliphatic carbocycles. The maximum Gasteiger partial charge on any atom is 0.251 e. The van der Waals surface area contributed by atoms with Crippen LogP contribution in [0.25, 0.3) is 11.3 Å². The normalized spacial score (nSPS) is 10.8. The molecule has 174 valence electrons. The van der Waals surface area contributed by atoms with E-state index in [4.69, 9.17) is 9.40 Å². The second kappa shape index (κ2) is 10.5. The lowest BCUT2D eigenvalue weighted by molar-refractivity contribution is -0.131. The van der Waals surface area contributed by atoms with Gasteiger partial charge >= 0.3 is 0 Å². The number of hydrogen-bond donors (Lipinski definition) is 1. The van der Waals surface area contributed by atoms with Crippen molar-refractivity contribution in [3.05, 3.63) is 99.3 Å². The van der Waals surface area contributed by atoms with Crippen LogP contribution in [-0.2, 0) is 24.3 Å². The topological polar surface area (TPSA) is 75.4 Å². The summed E-state index contributed by atoms with van der Waals surface area (Å²) < 4.78 is 5.52. The van der Waals surface area contributed by atoms with E-state index in [9.17, 15) is 9.59 Å². The highest BCUT2D eigenvalue weighted by molar-refractivity contribution is 7.12. The SMILES string of the molecule is CNC(=O)c1ccc(CN(Cc2ccco2)C(=O)Cc2sc(C)nc2-c2ccc(C)cc2)cc1. The number of furan rings is 1. The zero-order chi connectivity index (χ0) is 24.1. The second-order valence-corrected chi connectivity index (χ2v) is 9.44. The zero-order valence-corrected chi connectivity index (χ0v) is 20.3. The molecule has 0 aliphatic rings. The highest BCUT2D eigenvalue weighted by Gasteiger charge is 2.21. The molecule has 0 aliphatic heterocycles. The first-order valence-electron chi connectivity index (χ1n) is 11.1. The molecule has 0 bridgehead atoms. The van der Waals surface area contributed by atoms with E-state index in [1.54, 1.807) is 41.7 Å². The monoisotopic (exact) mass is 473 g/mol. The average Bonchev–Trinajstić information content (AvgIpc) is 3.48. The smallest absolute Gasteiger partial charge is 0.251 e. The van der Waals surface area contributed by atoms with Crippen LogP contribution in [0.3, 0.4) is 0 Å². The van der Waals surface area contributed by atoms with Crippen molar-refractivity contribution in [3.8, 4) is 11.3 Å². The average molecular weight is 474 g/mol. The number of nitrogens with zero attached hydrogens (tertiary/aromatic N) is 2. The van der Waals surface area contributed by atoms with E-state index in [1.807, 2.05) is 50.2 Å². The van der Waals surface area contributed by atoms with Gasteiger partial charge in [0.05, 0.1) is 29.9 Å². The molecule has 2 aromatic heterocycles. The zero-order valence-electron chi connectivity index (χ0n) is 19.5. The summed E-state index contributed by atoms with van der Waals surface area (Å²) in [7, 11) is 1.60. The van der Waals surface area contributed by atoms with Crippen molar-refractivity contribution in [1.29, 1.82) is 0 Å². The minimum absolute atomic E-state index is 0.0104. The molecule has 7 heteroatoms. The van der Waals surface area contributed by atoms with Crippen LogP contribution in [0, 0.1) is 13.8 Å². The van der Waals surface area contributed by atoms with Gasteiger partial charge in [-0.1, -0.05) is 42.0 Å². The van der Waals surface area contributed by atoms with Gasteiger partial charge in [0.15, 0.2) is 0 Å². The summed E-state index contributed by atoms with van der Waals surface area (Å²) in [6, 6.07) is 19.2. The van der Waals surface area contributed by atoms with Gasteiger partial charge in [-0.05, 0) is 43.7 Å². The van der Waals surface area contributed by atoms with Crippen LogP contribution in [0.2, 0.25) is 0 Å². The van der Waals surface area contributed by atoms with Gasteiger partial charge in [-0.3, -0.25) is 9.59 Å². The lowest BCUT2D eigenvalue weighted by atomic mass is 10.1. The van der Waals surface area contributed by atoms with E-state index < -0.39 is 0 Å². The quantitative estimate of drug-likeness (QED) is 0.384. The fourth-order valence-corrected chi connectivity index (χ4v) is 4.67. The number of benzene rings is 2. The lowest BCUT2D eigenvalue weighted by Crippen LogP contribution is -2.31. The van der Waals surface area contributed by atoms with Crippen molar-refractivity contribution in [3.63, 3.8) is 0 Å². The lowest BCUT2D eigenvalue weighted by Gasteiger charge is -2.22. The van der Waals surface area contributed by atoms with Crippen LogP contribution in [-0.4, -0.2) is 28.7 Å². The molecule has 4 rings (SSSR count). The molecule has 4 aromatic rings. The molecule has 2 aromatic carbocycles. The maximum absolute atomic E-state index is 13.5. The number of carbonyl (C=O) groups excluding carboxylic acids is 2. The molecule has 0 fully saturated rings. The van der Waals surface area contributed by atoms with Gasteiger partial charge in [0.25, 0.3) is 5.91 Å². The Labute approximate surface area is 203 Å². The Morgan fingerprint density at radius 1 is 1.00 bits per heavy atom. The molecular weight excluding hydrogens is 446 g/mol. The molecule has 0 atom stereocenters. The fraction of sp³-hybridized carbons (Fsp3) is 0.222. The highest BCUT2D eigenvalue weighted by atomic mass is 32.1. The van der Waals surface area contributed by atoms with Crippen LogP contribution in [0.4, 0.5) is 0 Å². The van der Waals surface area contributed by atoms with E-state index in [2.05, 4.69) is 17.4 Å². The minimum atomic E-state index is -0.140. The van der Waals surface area contributed by atoms with Crippen LogP contribution < -0.4 is 5.32 Å². The first-order chi connectivity index (χ1) is 16.4. The largest absolute Gasteiger partial charge is 0.467 e. The van der Waals surface area contributed by atoms with Crippen molar-refractivity contribution >= 4 is 23.2 Å². The number of rotatable bonds is 8. The molecule has 2 amide bonds. The number of aromatic nitrogens is 1. The third-order valence-corrected chi connectivity index (χ3v) is 6.51. The Balaban J connectivity index is 1.57. The number of amides is 2. The molecular formula is C27H27N3O3S. The van der Waals surface area contributed by atoms with Crippen LogP contribution in [0.1, 0.15) is 37.1 Å². The Kier molecular flexibility index (Phi) is 7.23. The Bertz CT molecular complexity index is 1260. The fourth-order valence-electron chi connectivity index (χ4n) is 3.72. The number of hydrogen-bond acceptors (Lipinski definition) is 5. The number of thiazole rings is 1. The van der Waals surface area contributed by atoms with Gasteiger partial charge in [0.2, 0.25) is 5.91 Å². The molecule has 0 saturated carbocycles. The van der Waals surface area contributed by atoms with Crippen LogP contribution in [0.5, 0.6) is 0 Å². The summed E-state index contributed by atoms with van der Waals surface area (Å²) in [5, 5.41) is 3.55. The van der Waals surface area contributed by atoms with Gasteiger partial charge in [0, 0.05) is 29.6 Å². The van der Waals surface area contributed by atoms with Gasteiger partial charge in [-0.25, -0.2) is 4.98 Å². The van der Waals surface area contributed by atoms with Gasteiger partial charge < -0.3 is 14.6 Å². The molecule has 0 saturated heterocycles. The van der Waals surface area contributed by atoms with E-state index in [-0.39, 0.29) is 18.2 Å². The first kappa shape index (κ1) is 23.4. The Morgan fingerprint density at radius 2 is 1.74 bits per heavy atom. The van der Waals surface area contributed by atoms with Crippen molar-refractivity contribution in [2.75, 3.05) is 7.05 Å².